The first kappa shape index (κ1) is 9.92. The van der Waals surface area contributed by atoms with Crippen molar-refractivity contribution in [3.63, 3.8) is 0 Å². The highest BCUT2D eigenvalue weighted by atomic mass is 15.3. The van der Waals surface area contributed by atoms with Crippen LogP contribution in [-0.4, -0.2) is 40.1 Å². The summed E-state index contributed by atoms with van der Waals surface area (Å²) in [6.45, 7) is 0.951. The van der Waals surface area contributed by atoms with Crippen molar-refractivity contribution >= 4 is 11.3 Å². The Hall–Kier alpha value is -1.62. The van der Waals surface area contributed by atoms with Crippen molar-refractivity contribution in [2.75, 3.05) is 26.4 Å². The molecule has 2 N–H and O–H groups in total. The van der Waals surface area contributed by atoms with Gasteiger partial charge in [0.2, 0.25) is 0 Å². The molecular weight excluding hydrogens is 190 g/mol. The Labute approximate surface area is 88.5 Å². The van der Waals surface area contributed by atoms with Gasteiger partial charge in [-0.15, -0.1) is 0 Å². The molecule has 5 nitrogen and oxygen atoms in total. The van der Waals surface area contributed by atoms with E-state index in [9.17, 15) is 0 Å². The van der Waals surface area contributed by atoms with E-state index in [2.05, 4.69) is 15.0 Å². The zero-order chi connectivity index (χ0) is 10.8. The molecule has 2 heterocycles. The van der Waals surface area contributed by atoms with Gasteiger partial charge in [0.25, 0.3) is 0 Å². The van der Waals surface area contributed by atoms with E-state index in [-0.39, 0.29) is 0 Å². The number of hydrogen-bond donors (Lipinski definition) is 1. The van der Waals surface area contributed by atoms with E-state index in [4.69, 9.17) is 5.73 Å². The molecule has 2 rings (SSSR count). The number of nitrogens with zero attached hydrogens (tertiary/aromatic N) is 4. The van der Waals surface area contributed by atoms with Crippen molar-refractivity contribution in [3.8, 4) is 0 Å². The van der Waals surface area contributed by atoms with Gasteiger partial charge in [0, 0.05) is 30.9 Å². The minimum Gasteiger partial charge on any atom is -0.399 e. The summed E-state index contributed by atoms with van der Waals surface area (Å²) in [5.41, 5.74) is 7.19. The lowest BCUT2D eigenvalue weighted by Gasteiger charge is -2.05. The van der Waals surface area contributed by atoms with E-state index in [1.807, 2.05) is 32.4 Å². The quantitative estimate of drug-likeness (QED) is 0.788. The van der Waals surface area contributed by atoms with Gasteiger partial charge >= 0.3 is 0 Å². The van der Waals surface area contributed by atoms with E-state index >= 15 is 0 Å². The summed E-state index contributed by atoms with van der Waals surface area (Å²) in [5, 5.41) is 4.35. The molecule has 0 spiro atoms. The molecule has 0 aliphatic rings. The minimum atomic E-state index is 0.717. The molecule has 0 bridgehead atoms. The van der Waals surface area contributed by atoms with Crippen molar-refractivity contribution in [1.29, 1.82) is 0 Å². The third-order valence-corrected chi connectivity index (χ3v) is 2.19. The fraction of sp³-hybridized carbons (Fsp3) is 0.400. The molecule has 2 aromatic heterocycles. The van der Waals surface area contributed by atoms with Gasteiger partial charge in [-0.1, -0.05) is 0 Å². The summed E-state index contributed by atoms with van der Waals surface area (Å²) in [6, 6.07) is 3.64. The normalized spacial score (nSPS) is 11.4. The summed E-state index contributed by atoms with van der Waals surface area (Å²) in [7, 11) is 4.07. The highest BCUT2D eigenvalue weighted by Gasteiger charge is 2.03. The summed E-state index contributed by atoms with van der Waals surface area (Å²) in [4.78, 5) is 6.50. The zero-order valence-corrected chi connectivity index (χ0v) is 9.01. The summed E-state index contributed by atoms with van der Waals surface area (Å²) in [5.74, 6) is 0.856. The fourth-order valence-electron chi connectivity index (χ4n) is 1.37. The fourth-order valence-corrected chi connectivity index (χ4v) is 1.37. The molecule has 0 aliphatic heterocycles. The Bertz CT molecular complexity index is 460. The van der Waals surface area contributed by atoms with Gasteiger partial charge in [-0.25, -0.2) is 9.50 Å². The number of hydrogen-bond acceptors (Lipinski definition) is 4. The number of nitrogens with two attached hydrogens (primary N) is 1. The Morgan fingerprint density at radius 1 is 1.47 bits per heavy atom. The Morgan fingerprint density at radius 3 is 3.00 bits per heavy atom. The van der Waals surface area contributed by atoms with Crippen LogP contribution in [0.5, 0.6) is 0 Å². The van der Waals surface area contributed by atoms with E-state index in [0.717, 1.165) is 24.4 Å². The van der Waals surface area contributed by atoms with Crippen LogP contribution in [0.25, 0.3) is 5.65 Å². The average Bonchev–Trinajstić information content (AvgIpc) is 2.56. The van der Waals surface area contributed by atoms with Crippen LogP contribution in [-0.2, 0) is 6.42 Å². The SMILES string of the molecule is CN(C)CCc1nc2cc(N)ccn2n1. The molecule has 2 aromatic rings. The van der Waals surface area contributed by atoms with E-state index in [0.29, 0.717) is 5.69 Å². The Balaban J connectivity index is 2.23. The third kappa shape index (κ3) is 2.24. The van der Waals surface area contributed by atoms with Crippen LogP contribution in [0.2, 0.25) is 0 Å². The number of aromatic nitrogens is 3. The number of pyridine rings is 1. The number of nitrogen functional groups attached to an aromatic ring is 1. The molecule has 5 heteroatoms. The first-order chi connectivity index (χ1) is 7.15. The lowest BCUT2D eigenvalue weighted by molar-refractivity contribution is 0.409. The molecule has 15 heavy (non-hydrogen) atoms. The molecular formula is C10H15N5. The first-order valence-electron chi connectivity index (χ1n) is 4.90. The van der Waals surface area contributed by atoms with Crippen molar-refractivity contribution < 1.29 is 0 Å². The van der Waals surface area contributed by atoms with Crippen LogP contribution in [0.3, 0.4) is 0 Å². The van der Waals surface area contributed by atoms with Gasteiger partial charge in [-0.2, -0.15) is 5.10 Å². The standard InChI is InChI=1S/C10H15N5/c1-14(2)5-4-9-12-10-7-8(11)3-6-15(10)13-9/h3,6-7H,4-5,11H2,1-2H3. The molecule has 0 fully saturated rings. The van der Waals surface area contributed by atoms with Gasteiger partial charge in [0.05, 0.1) is 0 Å². The lowest BCUT2D eigenvalue weighted by Crippen LogP contribution is -2.15. The summed E-state index contributed by atoms with van der Waals surface area (Å²) in [6.07, 6.45) is 2.69. The Morgan fingerprint density at radius 2 is 2.27 bits per heavy atom. The summed E-state index contributed by atoms with van der Waals surface area (Å²) < 4.78 is 1.75. The molecule has 0 amide bonds. The van der Waals surface area contributed by atoms with Crippen molar-refractivity contribution in [2.24, 2.45) is 0 Å². The van der Waals surface area contributed by atoms with Crippen molar-refractivity contribution in [2.45, 2.75) is 6.42 Å². The van der Waals surface area contributed by atoms with Gasteiger partial charge in [0.15, 0.2) is 11.5 Å². The second-order valence-electron chi connectivity index (χ2n) is 3.84. The molecule has 0 aliphatic carbocycles. The van der Waals surface area contributed by atoms with Crippen molar-refractivity contribution in [3.05, 3.63) is 24.2 Å². The van der Waals surface area contributed by atoms with Crippen molar-refractivity contribution in [1.82, 2.24) is 19.5 Å². The van der Waals surface area contributed by atoms with Crippen LogP contribution in [0.15, 0.2) is 18.3 Å². The largest absolute Gasteiger partial charge is 0.399 e. The zero-order valence-electron chi connectivity index (χ0n) is 9.01. The molecule has 80 valence electrons. The van der Waals surface area contributed by atoms with Crippen LogP contribution in [0.4, 0.5) is 5.69 Å². The highest BCUT2D eigenvalue weighted by molar-refractivity contribution is 5.50. The lowest BCUT2D eigenvalue weighted by atomic mass is 10.4. The molecule has 0 unspecified atom stereocenters. The molecule has 0 saturated carbocycles. The van der Waals surface area contributed by atoms with Crippen LogP contribution in [0.1, 0.15) is 5.82 Å². The van der Waals surface area contributed by atoms with E-state index in [1.165, 1.54) is 0 Å². The molecule has 0 atom stereocenters. The van der Waals surface area contributed by atoms with E-state index in [1.54, 1.807) is 4.52 Å². The van der Waals surface area contributed by atoms with Crippen LogP contribution in [0, 0.1) is 0 Å². The number of fused-ring (bicyclic) bond motifs is 1. The minimum absolute atomic E-state index is 0.717. The third-order valence-electron chi connectivity index (χ3n) is 2.19. The summed E-state index contributed by atoms with van der Waals surface area (Å²) >= 11 is 0. The predicted molar refractivity (Wildman–Crippen MR) is 59.7 cm³/mol. The monoisotopic (exact) mass is 205 g/mol. The topological polar surface area (TPSA) is 59.5 Å². The van der Waals surface area contributed by atoms with Gasteiger partial charge in [0.1, 0.15) is 0 Å². The predicted octanol–water partition coefficient (Wildman–Crippen LogP) is 0.416. The Kier molecular flexibility index (Phi) is 2.55. The molecule has 0 aromatic carbocycles. The van der Waals surface area contributed by atoms with Gasteiger partial charge < -0.3 is 10.6 Å². The van der Waals surface area contributed by atoms with Crippen LogP contribution >= 0.6 is 0 Å². The second-order valence-corrected chi connectivity index (χ2v) is 3.84. The maximum absolute atomic E-state index is 5.67. The highest BCUT2D eigenvalue weighted by Crippen LogP contribution is 2.07. The van der Waals surface area contributed by atoms with E-state index < -0.39 is 0 Å². The number of likely N-dealkylation sites (N-methyl/N-ethyl adjacent to an activating group) is 1. The number of anilines is 1. The van der Waals surface area contributed by atoms with Gasteiger partial charge in [-0.05, 0) is 20.2 Å². The second kappa shape index (κ2) is 3.86. The average molecular weight is 205 g/mol. The number of rotatable bonds is 3. The molecule has 0 radical (unpaired) electrons. The maximum atomic E-state index is 5.67. The smallest absolute Gasteiger partial charge is 0.157 e. The van der Waals surface area contributed by atoms with Gasteiger partial charge in [-0.3, -0.25) is 0 Å². The molecule has 0 saturated heterocycles. The first-order valence-corrected chi connectivity index (χ1v) is 4.90. The maximum Gasteiger partial charge on any atom is 0.157 e. The van der Waals surface area contributed by atoms with Crippen LogP contribution < -0.4 is 5.73 Å².